The molecule has 6 aromatic carbocycles. The molecule has 0 heterocycles. The summed E-state index contributed by atoms with van der Waals surface area (Å²) >= 11 is 0. The molecule has 0 unspecified atom stereocenters. The van der Waals surface area contributed by atoms with Crippen molar-refractivity contribution in [3.05, 3.63) is 170 Å². The van der Waals surface area contributed by atoms with E-state index >= 15 is 0 Å². The van der Waals surface area contributed by atoms with Gasteiger partial charge in [0.15, 0.2) is 0 Å². The van der Waals surface area contributed by atoms with Gasteiger partial charge in [-0.25, -0.2) is 58.7 Å². The van der Waals surface area contributed by atoms with Crippen LogP contribution in [0.5, 0.6) is 0 Å². The Balaban J connectivity index is 0.000000364. The number of hydrogen-bond donors (Lipinski definition) is 0. The zero-order valence-electron chi connectivity index (χ0n) is 21.9. The second-order valence-electron chi connectivity index (χ2n) is 7.87. The van der Waals surface area contributed by atoms with Crippen molar-refractivity contribution < 1.29 is 131 Å². The summed E-state index contributed by atoms with van der Waals surface area (Å²) in [5.41, 5.74) is 8.11. The molecule has 0 spiro atoms. The van der Waals surface area contributed by atoms with Crippen LogP contribution in [0.2, 0.25) is 0 Å². The van der Waals surface area contributed by atoms with Crippen LogP contribution in [0.3, 0.4) is 0 Å². The molecule has 0 aliphatic heterocycles. The van der Waals surface area contributed by atoms with E-state index in [-0.39, 0.29) is 131 Å². The van der Waals surface area contributed by atoms with Gasteiger partial charge in [-0.3, -0.25) is 17.7 Å². The minimum atomic E-state index is 0. The Morgan fingerprint density at radius 1 is 0.300 bits per heavy atom. The van der Waals surface area contributed by atoms with Gasteiger partial charge in [-0.2, -0.15) is 66.2 Å². The largest absolute Gasteiger partial charge is 0.379 e. The summed E-state index contributed by atoms with van der Waals surface area (Å²) in [5.74, 6) is 0. The molecule has 0 aromatic heterocycles. The molecule has 40 heavy (non-hydrogen) atoms. The Hall–Kier alpha value is -0.264. The first-order valence-corrected chi connectivity index (χ1v) is 11.6. The van der Waals surface area contributed by atoms with E-state index in [0.717, 1.165) is 44.5 Å². The molecule has 0 N–H and O–H groups in total. The minimum Gasteiger partial charge on any atom is -0.379 e. The Morgan fingerprint density at radius 2 is 0.725 bits per heavy atom. The molecule has 6 rings (SSSR count). The van der Waals surface area contributed by atoms with E-state index in [0.29, 0.717) is 0 Å². The summed E-state index contributed by atoms with van der Waals surface area (Å²) in [6, 6.07) is 65.2. The predicted molar refractivity (Wildman–Crippen MR) is 145 cm³/mol. The Morgan fingerprint density at radius 3 is 1.15 bits per heavy atom. The molecule has 0 amide bonds. The molecule has 0 fully saturated rings. The second kappa shape index (κ2) is 20.6. The van der Waals surface area contributed by atoms with E-state index in [1.54, 1.807) is 0 Å². The molecule has 184 valence electrons. The van der Waals surface area contributed by atoms with Crippen molar-refractivity contribution in [2.75, 3.05) is 0 Å². The maximum absolute atomic E-state index is 3.36. The van der Waals surface area contributed by atoms with Gasteiger partial charge in [0, 0.05) is 131 Å². The maximum Gasteiger partial charge on any atom is 0 e. The van der Waals surface area contributed by atoms with Crippen LogP contribution in [0.25, 0.3) is 44.5 Å². The average molecular weight is 808 g/mol. The van der Waals surface area contributed by atoms with Gasteiger partial charge in [0.1, 0.15) is 0 Å². The fourth-order valence-corrected chi connectivity index (χ4v) is 3.75. The zero-order valence-corrected chi connectivity index (χ0v) is 33.2. The standard InChI is InChI=1S/2C18H10.4Y/c1-3-9-15(10-4-1)17-13-7-8-14-18(17)16-11-5-2-6-12-16;1-3-8-15(9-4-1)17-12-7-13-18(14-17)16-10-5-2-6-11-16;;;;/h1-9,11H;1-8,10,12H;;;;/q2*-4;;;;. The third-order valence-corrected chi connectivity index (χ3v) is 5.46. The smallest absolute Gasteiger partial charge is 0 e. The summed E-state index contributed by atoms with van der Waals surface area (Å²) in [5, 5.41) is 0. The topological polar surface area (TPSA) is 0 Å². The number of hydrogen-bond acceptors (Lipinski definition) is 0. The van der Waals surface area contributed by atoms with Crippen molar-refractivity contribution >= 4 is 0 Å². The van der Waals surface area contributed by atoms with Crippen molar-refractivity contribution in [1.29, 1.82) is 0 Å². The van der Waals surface area contributed by atoms with Crippen LogP contribution >= 0.6 is 0 Å². The van der Waals surface area contributed by atoms with Crippen LogP contribution in [0.1, 0.15) is 0 Å². The van der Waals surface area contributed by atoms with Crippen LogP contribution in [-0.4, -0.2) is 0 Å². The van der Waals surface area contributed by atoms with Crippen LogP contribution in [0.15, 0.2) is 121 Å². The maximum atomic E-state index is 3.36. The second-order valence-corrected chi connectivity index (χ2v) is 7.87. The molecule has 6 aromatic rings. The van der Waals surface area contributed by atoms with Gasteiger partial charge in [-0.15, -0.1) is 48.5 Å². The van der Waals surface area contributed by atoms with Crippen molar-refractivity contribution in [2.24, 2.45) is 0 Å². The summed E-state index contributed by atoms with van der Waals surface area (Å²) in [4.78, 5) is 0. The molecule has 4 heteroatoms. The van der Waals surface area contributed by atoms with Crippen LogP contribution in [-0.2, 0) is 131 Å². The van der Waals surface area contributed by atoms with Crippen molar-refractivity contribution in [3.8, 4) is 44.5 Å². The van der Waals surface area contributed by atoms with E-state index in [4.69, 9.17) is 0 Å². The summed E-state index contributed by atoms with van der Waals surface area (Å²) in [6.07, 6.45) is 0. The summed E-state index contributed by atoms with van der Waals surface area (Å²) in [7, 11) is 0. The molecule has 0 aliphatic rings. The fourth-order valence-electron chi connectivity index (χ4n) is 3.75. The first kappa shape index (κ1) is 37.8. The Kier molecular flexibility index (Phi) is 19.5. The van der Waals surface area contributed by atoms with Crippen molar-refractivity contribution in [1.82, 2.24) is 0 Å². The van der Waals surface area contributed by atoms with Gasteiger partial charge in [-0.05, 0) is 0 Å². The summed E-state index contributed by atoms with van der Waals surface area (Å²) in [6.45, 7) is 0. The third-order valence-electron chi connectivity index (χ3n) is 5.46. The molecule has 0 atom stereocenters. The van der Waals surface area contributed by atoms with Crippen molar-refractivity contribution in [3.63, 3.8) is 0 Å². The van der Waals surface area contributed by atoms with Crippen LogP contribution in [0, 0.1) is 48.5 Å². The normalized spacial score (nSPS) is 9.20. The summed E-state index contributed by atoms with van der Waals surface area (Å²) < 4.78 is 0. The fraction of sp³-hybridized carbons (Fsp3) is 0. The molecule has 0 saturated carbocycles. The van der Waals surface area contributed by atoms with Crippen LogP contribution in [0.4, 0.5) is 0 Å². The molecule has 4 radical (unpaired) electrons. The minimum absolute atomic E-state index is 0. The van der Waals surface area contributed by atoms with E-state index in [1.165, 1.54) is 0 Å². The van der Waals surface area contributed by atoms with E-state index < -0.39 is 0 Å². The molecule has 0 aliphatic carbocycles. The number of benzene rings is 6. The van der Waals surface area contributed by atoms with E-state index in [9.17, 15) is 0 Å². The molecular formula is C36H20Y4-8. The third kappa shape index (κ3) is 10.8. The van der Waals surface area contributed by atoms with Crippen LogP contribution < -0.4 is 0 Å². The monoisotopic (exact) mass is 808 g/mol. The Labute approximate surface area is 339 Å². The zero-order chi connectivity index (χ0) is 24.4. The van der Waals surface area contributed by atoms with E-state index in [1.807, 2.05) is 121 Å². The first-order chi connectivity index (χ1) is 17.9. The average Bonchev–Trinajstić information content (AvgIpc) is 2.99. The molecular weight excluding hydrogens is 788 g/mol. The quantitative estimate of drug-likeness (QED) is 0.157. The van der Waals surface area contributed by atoms with Crippen molar-refractivity contribution in [2.45, 2.75) is 0 Å². The van der Waals surface area contributed by atoms with E-state index in [2.05, 4.69) is 48.5 Å². The van der Waals surface area contributed by atoms with Gasteiger partial charge in [0.25, 0.3) is 0 Å². The number of rotatable bonds is 4. The van der Waals surface area contributed by atoms with Gasteiger partial charge < -0.3 is 23.3 Å². The van der Waals surface area contributed by atoms with Gasteiger partial charge in [0.2, 0.25) is 0 Å². The first-order valence-electron chi connectivity index (χ1n) is 11.6. The van der Waals surface area contributed by atoms with Gasteiger partial charge >= 0.3 is 0 Å². The SMILES string of the molecule is [Y].[Y].[Y].[Y].[c-]1ccc(-c2[c-]cccc2)[c-]c1-c1[c-]cccc1.[c-]1ccccc1-c1[c-]cc[c-]c1-c1[c-]cccc1. The van der Waals surface area contributed by atoms with Gasteiger partial charge in [0.05, 0.1) is 0 Å². The molecule has 0 saturated heterocycles. The predicted octanol–water partition coefficient (Wildman–Crippen LogP) is 8.43. The molecule has 0 nitrogen and oxygen atoms in total. The molecule has 0 bridgehead atoms. The van der Waals surface area contributed by atoms with Gasteiger partial charge in [-0.1, -0.05) is 0 Å². The Bertz CT molecular complexity index is 1390.